The van der Waals surface area contributed by atoms with Crippen LogP contribution in [0.15, 0.2) is 6.20 Å². The van der Waals surface area contributed by atoms with Crippen LogP contribution in [0.2, 0.25) is 5.02 Å². The highest BCUT2D eigenvalue weighted by Gasteiger charge is 2.18. The molecule has 2 nitrogen and oxygen atoms in total. The summed E-state index contributed by atoms with van der Waals surface area (Å²) in [7, 11) is 0. The predicted octanol–water partition coefficient (Wildman–Crippen LogP) is 2.79. The second kappa shape index (κ2) is 3.79. The van der Waals surface area contributed by atoms with E-state index in [2.05, 4.69) is 4.98 Å². The van der Waals surface area contributed by atoms with E-state index in [0.29, 0.717) is 6.29 Å². The molecule has 0 amide bonds. The number of rotatable bonds is 2. The Morgan fingerprint density at radius 2 is 2.23 bits per heavy atom. The van der Waals surface area contributed by atoms with Gasteiger partial charge in [0.25, 0.3) is 6.43 Å². The van der Waals surface area contributed by atoms with Gasteiger partial charge in [0.1, 0.15) is 5.69 Å². The zero-order valence-electron chi connectivity index (χ0n) is 6.72. The molecular weight excluding hydrogens is 200 g/mol. The van der Waals surface area contributed by atoms with E-state index in [9.17, 15) is 13.6 Å². The summed E-state index contributed by atoms with van der Waals surface area (Å²) >= 11 is 5.54. The van der Waals surface area contributed by atoms with Crippen LogP contribution < -0.4 is 0 Å². The van der Waals surface area contributed by atoms with Crippen LogP contribution in [0.25, 0.3) is 0 Å². The molecule has 1 aromatic rings. The van der Waals surface area contributed by atoms with Gasteiger partial charge < -0.3 is 0 Å². The lowest BCUT2D eigenvalue weighted by molar-refractivity contribution is 0.111. The Hall–Kier alpha value is -1.03. The number of alkyl halides is 2. The van der Waals surface area contributed by atoms with Crippen LogP contribution in [-0.2, 0) is 0 Å². The highest BCUT2D eigenvalue weighted by Crippen LogP contribution is 2.30. The van der Waals surface area contributed by atoms with Crippen LogP contribution in [0.4, 0.5) is 8.78 Å². The Bertz CT molecular complexity index is 341. The normalized spacial score (nSPS) is 10.5. The van der Waals surface area contributed by atoms with Crippen molar-refractivity contribution in [3.8, 4) is 0 Å². The molecule has 1 heterocycles. The van der Waals surface area contributed by atoms with Crippen LogP contribution in [0, 0.1) is 6.92 Å². The Labute approximate surface area is 78.5 Å². The topological polar surface area (TPSA) is 30.0 Å². The molecule has 0 saturated carbocycles. The number of aryl methyl sites for hydroxylation is 1. The average molecular weight is 206 g/mol. The van der Waals surface area contributed by atoms with Crippen molar-refractivity contribution in [3.05, 3.63) is 28.0 Å². The molecule has 0 radical (unpaired) electrons. The molecule has 0 bridgehead atoms. The average Bonchev–Trinajstić information content (AvgIpc) is 2.04. The van der Waals surface area contributed by atoms with Gasteiger partial charge in [0.15, 0.2) is 6.29 Å². The van der Waals surface area contributed by atoms with Crippen molar-refractivity contribution in [1.82, 2.24) is 4.98 Å². The number of nitrogens with zero attached hydrogens (tertiary/aromatic N) is 1. The van der Waals surface area contributed by atoms with Crippen molar-refractivity contribution >= 4 is 17.9 Å². The summed E-state index contributed by atoms with van der Waals surface area (Å²) in [6.07, 6.45) is -1.13. The van der Waals surface area contributed by atoms with Crippen LogP contribution in [0.5, 0.6) is 0 Å². The number of aldehydes is 1. The third kappa shape index (κ3) is 1.83. The van der Waals surface area contributed by atoms with E-state index in [1.165, 1.54) is 13.1 Å². The maximum Gasteiger partial charge on any atom is 0.265 e. The van der Waals surface area contributed by atoms with E-state index in [-0.39, 0.29) is 21.8 Å². The number of pyridine rings is 1. The summed E-state index contributed by atoms with van der Waals surface area (Å²) in [5.74, 6) is 0. The Kier molecular flexibility index (Phi) is 2.93. The standard InChI is InChI=1S/C8H6ClF2NO/c1-4-2-12-5(3-13)7(9)6(4)8(10)11/h2-3,8H,1H3. The number of carbonyl (C=O) groups is 1. The molecule has 0 spiro atoms. The largest absolute Gasteiger partial charge is 0.296 e. The fourth-order valence-corrected chi connectivity index (χ4v) is 1.28. The van der Waals surface area contributed by atoms with Gasteiger partial charge in [0.2, 0.25) is 0 Å². The quantitative estimate of drug-likeness (QED) is 0.695. The predicted molar refractivity (Wildman–Crippen MR) is 44.3 cm³/mol. The number of carbonyl (C=O) groups excluding carboxylic acids is 1. The molecule has 13 heavy (non-hydrogen) atoms. The van der Waals surface area contributed by atoms with Gasteiger partial charge >= 0.3 is 0 Å². The first-order chi connectivity index (χ1) is 6.07. The smallest absolute Gasteiger partial charge is 0.265 e. The third-order valence-corrected chi connectivity index (χ3v) is 2.01. The number of hydrogen-bond donors (Lipinski definition) is 0. The van der Waals surface area contributed by atoms with Crippen LogP contribution in [0.3, 0.4) is 0 Å². The highest BCUT2D eigenvalue weighted by molar-refractivity contribution is 6.33. The summed E-state index contributed by atoms with van der Waals surface area (Å²) < 4.78 is 24.8. The zero-order chi connectivity index (χ0) is 10.0. The lowest BCUT2D eigenvalue weighted by Gasteiger charge is -2.07. The van der Waals surface area contributed by atoms with Gasteiger partial charge in [-0.3, -0.25) is 9.78 Å². The van der Waals surface area contributed by atoms with Gasteiger partial charge in [-0.25, -0.2) is 8.78 Å². The fourth-order valence-electron chi connectivity index (χ4n) is 0.954. The maximum atomic E-state index is 12.4. The maximum absolute atomic E-state index is 12.4. The number of hydrogen-bond acceptors (Lipinski definition) is 2. The summed E-state index contributed by atoms with van der Waals surface area (Å²) in [5, 5.41) is -0.259. The van der Waals surface area contributed by atoms with E-state index in [4.69, 9.17) is 11.6 Å². The number of halogens is 3. The molecule has 0 unspecified atom stereocenters. The third-order valence-electron chi connectivity index (χ3n) is 1.61. The Balaban J connectivity index is 3.38. The number of aromatic nitrogens is 1. The Morgan fingerprint density at radius 1 is 1.62 bits per heavy atom. The molecule has 0 atom stereocenters. The van der Waals surface area contributed by atoms with Crippen molar-refractivity contribution in [1.29, 1.82) is 0 Å². The van der Waals surface area contributed by atoms with E-state index in [1.54, 1.807) is 0 Å². The molecular formula is C8H6ClF2NO. The molecule has 0 aliphatic rings. The molecule has 0 saturated heterocycles. The first kappa shape index (κ1) is 10.1. The van der Waals surface area contributed by atoms with Gasteiger partial charge in [0.05, 0.1) is 5.02 Å². The molecule has 5 heteroatoms. The first-order valence-corrected chi connectivity index (χ1v) is 3.84. The summed E-state index contributed by atoms with van der Waals surface area (Å²) in [6.45, 7) is 1.47. The molecule has 0 aliphatic heterocycles. The minimum atomic E-state index is -2.69. The minimum absolute atomic E-state index is 0.150. The molecule has 70 valence electrons. The molecule has 0 aromatic carbocycles. The molecule has 1 rings (SSSR count). The molecule has 1 aromatic heterocycles. The zero-order valence-corrected chi connectivity index (χ0v) is 7.48. The minimum Gasteiger partial charge on any atom is -0.296 e. The van der Waals surface area contributed by atoms with Crippen molar-refractivity contribution in [2.75, 3.05) is 0 Å². The highest BCUT2D eigenvalue weighted by atomic mass is 35.5. The van der Waals surface area contributed by atoms with Crippen LogP contribution in [0.1, 0.15) is 28.0 Å². The summed E-state index contributed by atoms with van der Waals surface area (Å²) in [4.78, 5) is 13.9. The van der Waals surface area contributed by atoms with E-state index < -0.39 is 6.43 Å². The molecule has 0 fully saturated rings. The first-order valence-electron chi connectivity index (χ1n) is 3.46. The summed E-state index contributed by atoms with van der Waals surface area (Å²) in [6, 6.07) is 0. The lowest BCUT2D eigenvalue weighted by atomic mass is 10.1. The van der Waals surface area contributed by atoms with Gasteiger partial charge in [-0.05, 0) is 12.5 Å². The molecule has 0 N–H and O–H groups in total. The van der Waals surface area contributed by atoms with Gasteiger partial charge in [-0.15, -0.1) is 0 Å². The van der Waals surface area contributed by atoms with Crippen molar-refractivity contribution in [2.45, 2.75) is 13.3 Å². The fraction of sp³-hybridized carbons (Fsp3) is 0.250. The van der Waals surface area contributed by atoms with E-state index in [1.807, 2.05) is 0 Å². The van der Waals surface area contributed by atoms with E-state index in [0.717, 1.165) is 0 Å². The van der Waals surface area contributed by atoms with Crippen molar-refractivity contribution in [3.63, 3.8) is 0 Å². The van der Waals surface area contributed by atoms with Crippen LogP contribution in [-0.4, -0.2) is 11.3 Å². The Morgan fingerprint density at radius 3 is 2.69 bits per heavy atom. The van der Waals surface area contributed by atoms with E-state index >= 15 is 0 Å². The van der Waals surface area contributed by atoms with Gasteiger partial charge in [-0.1, -0.05) is 11.6 Å². The SMILES string of the molecule is Cc1cnc(C=O)c(Cl)c1C(F)F. The van der Waals surface area contributed by atoms with Crippen molar-refractivity contribution in [2.24, 2.45) is 0 Å². The van der Waals surface area contributed by atoms with Gasteiger partial charge in [-0.2, -0.15) is 0 Å². The summed E-state index contributed by atoms with van der Waals surface area (Å²) in [5.41, 5.74) is -0.188. The second-order valence-electron chi connectivity index (χ2n) is 2.47. The van der Waals surface area contributed by atoms with Crippen LogP contribution >= 0.6 is 11.6 Å². The molecule has 0 aliphatic carbocycles. The second-order valence-corrected chi connectivity index (χ2v) is 2.85. The lowest BCUT2D eigenvalue weighted by Crippen LogP contribution is -1.98. The van der Waals surface area contributed by atoms with Gasteiger partial charge in [0, 0.05) is 11.8 Å². The van der Waals surface area contributed by atoms with Crippen molar-refractivity contribution < 1.29 is 13.6 Å². The monoisotopic (exact) mass is 205 g/mol.